The van der Waals surface area contributed by atoms with Crippen LogP contribution in [0.15, 0.2) is 42.5 Å². The Bertz CT molecular complexity index is 784. The van der Waals surface area contributed by atoms with Crippen molar-refractivity contribution in [1.29, 1.82) is 0 Å². The first-order valence-corrected chi connectivity index (χ1v) is 8.03. The Morgan fingerprint density at radius 1 is 1.15 bits per heavy atom. The van der Waals surface area contributed by atoms with Crippen LogP contribution in [-0.2, 0) is 9.53 Å². The van der Waals surface area contributed by atoms with Gasteiger partial charge in [-0.15, -0.1) is 0 Å². The van der Waals surface area contributed by atoms with Gasteiger partial charge in [-0.2, -0.15) is 0 Å². The predicted molar refractivity (Wildman–Crippen MR) is 93.2 cm³/mol. The topological polar surface area (TPSA) is 73.9 Å². The maximum absolute atomic E-state index is 13.5. The third kappa shape index (κ3) is 5.63. The second kappa shape index (κ2) is 9.62. The van der Waals surface area contributed by atoms with Crippen molar-refractivity contribution in [3.63, 3.8) is 0 Å². The number of benzene rings is 2. The standard InChI is InChI=1S/C18H17ClFNO5/c1-24-15-4-2-3-5-16(15)25-9-8-21-17(22)11-26-18(23)13-10-12(19)6-7-14(13)20/h2-7,10H,8-9,11H2,1H3,(H,21,22). The molecule has 0 fully saturated rings. The van der Waals surface area contributed by atoms with Crippen molar-refractivity contribution in [3.8, 4) is 11.5 Å². The van der Waals surface area contributed by atoms with Gasteiger partial charge in [-0.3, -0.25) is 4.79 Å². The van der Waals surface area contributed by atoms with Crippen LogP contribution in [0.5, 0.6) is 11.5 Å². The van der Waals surface area contributed by atoms with Gasteiger partial charge >= 0.3 is 5.97 Å². The molecule has 8 heteroatoms. The maximum atomic E-state index is 13.5. The number of ether oxygens (including phenoxy) is 3. The summed E-state index contributed by atoms with van der Waals surface area (Å²) in [5.74, 6) is -1.15. The normalized spacial score (nSPS) is 10.1. The summed E-state index contributed by atoms with van der Waals surface area (Å²) in [6, 6.07) is 10.6. The van der Waals surface area contributed by atoms with E-state index in [-0.39, 0.29) is 23.7 Å². The average molecular weight is 382 g/mol. The summed E-state index contributed by atoms with van der Waals surface area (Å²) >= 11 is 5.70. The van der Waals surface area contributed by atoms with E-state index in [1.54, 1.807) is 18.2 Å². The van der Waals surface area contributed by atoms with Crippen LogP contribution < -0.4 is 14.8 Å². The van der Waals surface area contributed by atoms with Gasteiger partial charge in [0.1, 0.15) is 12.4 Å². The van der Waals surface area contributed by atoms with Crippen molar-refractivity contribution in [3.05, 3.63) is 58.9 Å². The number of rotatable bonds is 8. The number of hydrogen-bond donors (Lipinski definition) is 1. The number of nitrogens with one attached hydrogen (secondary N) is 1. The van der Waals surface area contributed by atoms with Gasteiger partial charge < -0.3 is 19.5 Å². The Balaban J connectivity index is 1.72. The van der Waals surface area contributed by atoms with Gasteiger partial charge in [-0.05, 0) is 30.3 Å². The predicted octanol–water partition coefficient (Wildman–Crippen LogP) is 2.84. The molecule has 1 N–H and O–H groups in total. The van der Waals surface area contributed by atoms with Crippen LogP contribution in [0, 0.1) is 5.82 Å². The number of halogens is 2. The summed E-state index contributed by atoms with van der Waals surface area (Å²) in [5, 5.41) is 2.71. The summed E-state index contributed by atoms with van der Waals surface area (Å²) in [4.78, 5) is 23.4. The lowest BCUT2D eigenvalue weighted by Gasteiger charge is -2.11. The number of methoxy groups -OCH3 is 1. The number of amides is 1. The Hall–Kier alpha value is -2.80. The van der Waals surface area contributed by atoms with E-state index >= 15 is 0 Å². The molecule has 0 saturated carbocycles. The first kappa shape index (κ1) is 19.5. The van der Waals surface area contributed by atoms with Crippen molar-refractivity contribution in [1.82, 2.24) is 5.32 Å². The minimum absolute atomic E-state index is 0.191. The van der Waals surface area contributed by atoms with Gasteiger partial charge in [0.2, 0.25) is 0 Å². The third-order valence-electron chi connectivity index (χ3n) is 3.23. The molecule has 0 heterocycles. The highest BCUT2D eigenvalue weighted by atomic mass is 35.5. The summed E-state index contributed by atoms with van der Waals surface area (Å²) in [6.07, 6.45) is 0. The molecular weight excluding hydrogens is 365 g/mol. The maximum Gasteiger partial charge on any atom is 0.341 e. The molecule has 0 saturated heterocycles. The van der Waals surface area contributed by atoms with Crippen molar-refractivity contribution in [2.24, 2.45) is 0 Å². The first-order chi connectivity index (χ1) is 12.5. The van der Waals surface area contributed by atoms with Crippen molar-refractivity contribution in [2.75, 3.05) is 26.9 Å². The van der Waals surface area contributed by atoms with Gasteiger partial charge in [-0.25, -0.2) is 9.18 Å². The second-order valence-electron chi connectivity index (χ2n) is 5.05. The van der Waals surface area contributed by atoms with E-state index in [1.165, 1.54) is 13.2 Å². The van der Waals surface area contributed by atoms with Crippen LogP contribution in [-0.4, -0.2) is 38.7 Å². The molecule has 2 aromatic carbocycles. The number of carbonyl (C=O) groups excluding carboxylic acids is 2. The minimum Gasteiger partial charge on any atom is -0.493 e. The van der Waals surface area contributed by atoms with Crippen LogP contribution >= 0.6 is 11.6 Å². The summed E-state index contributed by atoms with van der Waals surface area (Å²) in [7, 11) is 1.53. The molecule has 0 aliphatic heterocycles. The van der Waals surface area contributed by atoms with E-state index in [0.717, 1.165) is 12.1 Å². The molecule has 0 unspecified atom stereocenters. The molecular formula is C18H17ClFNO5. The molecule has 138 valence electrons. The molecule has 26 heavy (non-hydrogen) atoms. The van der Waals surface area contributed by atoms with Crippen molar-refractivity contribution in [2.45, 2.75) is 0 Å². The lowest BCUT2D eigenvalue weighted by molar-refractivity contribution is -0.124. The summed E-state index contributed by atoms with van der Waals surface area (Å²) in [5.41, 5.74) is -0.329. The highest BCUT2D eigenvalue weighted by Crippen LogP contribution is 2.25. The zero-order chi connectivity index (χ0) is 18.9. The van der Waals surface area contributed by atoms with Crippen LogP contribution in [0.3, 0.4) is 0 Å². The van der Waals surface area contributed by atoms with Crippen LogP contribution in [0.2, 0.25) is 5.02 Å². The van der Waals surface area contributed by atoms with Gasteiger partial charge in [0.25, 0.3) is 5.91 Å². The molecule has 0 bridgehead atoms. The molecule has 0 aliphatic rings. The average Bonchev–Trinajstić information content (AvgIpc) is 2.65. The molecule has 0 aromatic heterocycles. The van der Waals surface area contributed by atoms with Crippen molar-refractivity contribution >= 4 is 23.5 Å². The fraction of sp³-hybridized carbons (Fsp3) is 0.222. The SMILES string of the molecule is COc1ccccc1OCCNC(=O)COC(=O)c1cc(Cl)ccc1F. The third-order valence-corrected chi connectivity index (χ3v) is 3.47. The molecule has 0 atom stereocenters. The van der Waals surface area contributed by atoms with E-state index < -0.39 is 24.3 Å². The number of esters is 1. The first-order valence-electron chi connectivity index (χ1n) is 7.66. The van der Waals surface area contributed by atoms with E-state index in [9.17, 15) is 14.0 Å². The summed E-state index contributed by atoms with van der Waals surface area (Å²) in [6.45, 7) is -0.150. The molecule has 1 amide bonds. The van der Waals surface area contributed by atoms with Gasteiger partial charge in [-0.1, -0.05) is 23.7 Å². The van der Waals surface area contributed by atoms with Gasteiger partial charge in [0.05, 0.1) is 19.2 Å². The minimum atomic E-state index is -0.967. The Morgan fingerprint density at radius 3 is 2.62 bits per heavy atom. The van der Waals surface area contributed by atoms with Crippen LogP contribution in [0.1, 0.15) is 10.4 Å². The van der Waals surface area contributed by atoms with Gasteiger partial charge in [0.15, 0.2) is 18.1 Å². The highest BCUT2D eigenvalue weighted by Gasteiger charge is 2.15. The van der Waals surface area contributed by atoms with E-state index in [4.69, 9.17) is 25.8 Å². The van der Waals surface area contributed by atoms with Crippen LogP contribution in [0.4, 0.5) is 4.39 Å². The molecule has 0 aliphatic carbocycles. The zero-order valence-corrected chi connectivity index (χ0v) is 14.7. The van der Waals surface area contributed by atoms with E-state index in [1.807, 2.05) is 6.07 Å². The molecule has 2 aromatic rings. The second-order valence-corrected chi connectivity index (χ2v) is 5.49. The van der Waals surface area contributed by atoms with Crippen molar-refractivity contribution < 1.29 is 28.2 Å². The fourth-order valence-corrected chi connectivity index (χ4v) is 2.18. The monoisotopic (exact) mass is 381 g/mol. The number of carbonyl (C=O) groups is 2. The Kier molecular flexibility index (Phi) is 7.23. The van der Waals surface area contributed by atoms with E-state index in [2.05, 4.69) is 5.32 Å². The highest BCUT2D eigenvalue weighted by molar-refractivity contribution is 6.30. The number of hydrogen-bond acceptors (Lipinski definition) is 5. The lowest BCUT2D eigenvalue weighted by atomic mass is 10.2. The van der Waals surface area contributed by atoms with Crippen LogP contribution in [0.25, 0.3) is 0 Å². The lowest BCUT2D eigenvalue weighted by Crippen LogP contribution is -2.32. The summed E-state index contributed by atoms with van der Waals surface area (Å²) < 4.78 is 28.9. The molecule has 6 nitrogen and oxygen atoms in total. The molecule has 2 rings (SSSR count). The molecule has 0 spiro atoms. The smallest absolute Gasteiger partial charge is 0.341 e. The largest absolute Gasteiger partial charge is 0.493 e. The molecule has 0 radical (unpaired) electrons. The number of para-hydroxylation sites is 2. The Morgan fingerprint density at radius 2 is 1.88 bits per heavy atom. The fourth-order valence-electron chi connectivity index (χ4n) is 2.00. The van der Waals surface area contributed by atoms with E-state index in [0.29, 0.717) is 11.5 Å². The zero-order valence-electron chi connectivity index (χ0n) is 14.0. The quantitative estimate of drug-likeness (QED) is 0.562. The van der Waals surface area contributed by atoms with Gasteiger partial charge in [0, 0.05) is 5.02 Å². The Labute approximate surface area is 154 Å².